The van der Waals surface area contributed by atoms with Crippen LogP contribution >= 0.6 is 11.6 Å². The zero-order valence-electron chi connectivity index (χ0n) is 17.2. The Labute approximate surface area is 188 Å². The first kappa shape index (κ1) is 20.2. The molecule has 1 N–H and O–H groups in total. The molecular formula is C24H18ClNO6. The minimum absolute atomic E-state index is 0.0732. The van der Waals surface area contributed by atoms with Gasteiger partial charge in [0.1, 0.15) is 23.3 Å². The molecule has 1 atom stereocenters. The quantitative estimate of drug-likeness (QED) is 0.346. The highest BCUT2D eigenvalue weighted by atomic mass is 35.5. The first-order valence-corrected chi connectivity index (χ1v) is 10.3. The number of hydrogen-bond acceptors (Lipinski definition) is 6. The molecular weight excluding hydrogens is 434 g/mol. The number of anilines is 1. The third-order valence-electron chi connectivity index (χ3n) is 5.55. The maximum absolute atomic E-state index is 13.1. The van der Waals surface area contributed by atoms with Crippen molar-refractivity contribution in [2.75, 3.05) is 11.7 Å². The van der Waals surface area contributed by atoms with Crippen molar-refractivity contribution < 1.29 is 28.6 Å². The van der Waals surface area contributed by atoms with Crippen LogP contribution in [0.15, 0.2) is 58.5 Å². The highest BCUT2D eigenvalue weighted by Gasteiger charge is 2.48. The lowest BCUT2D eigenvalue weighted by Crippen LogP contribution is -2.29. The van der Waals surface area contributed by atoms with Crippen LogP contribution < -0.4 is 14.4 Å². The van der Waals surface area contributed by atoms with E-state index in [0.29, 0.717) is 39.3 Å². The van der Waals surface area contributed by atoms with Crippen LogP contribution in [0, 0.1) is 13.8 Å². The van der Waals surface area contributed by atoms with Gasteiger partial charge in [0.25, 0.3) is 11.7 Å². The molecule has 1 amide bonds. The Kier molecular flexibility index (Phi) is 4.71. The van der Waals surface area contributed by atoms with E-state index in [2.05, 4.69) is 0 Å². The predicted molar refractivity (Wildman–Crippen MR) is 117 cm³/mol. The summed E-state index contributed by atoms with van der Waals surface area (Å²) in [4.78, 5) is 27.6. The third-order valence-corrected chi connectivity index (χ3v) is 5.96. The molecule has 8 heteroatoms. The van der Waals surface area contributed by atoms with Gasteiger partial charge in [0.05, 0.1) is 5.57 Å². The number of hydrogen-bond donors (Lipinski definition) is 1. The van der Waals surface area contributed by atoms with Crippen molar-refractivity contribution in [1.82, 2.24) is 0 Å². The summed E-state index contributed by atoms with van der Waals surface area (Å²) in [7, 11) is 0. The summed E-state index contributed by atoms with van der Waals surface area (Å²) < 4.78 is 16.5. The molecule has 1 unspecified atom stereocenters. The number of aliphatic hydroxyl groups is 1. The van der Waals surface area contributed by atoms with Crippen molar-refractivity contribution in [3.05, 3.63) is 81.8 Å². The van der Waals surface area contributed by atoms with Crippen molar-refractivity contribution >= 4 is 34.7 Å². The fourth-order valence-corrected chi connectivity index (χ4v) is 4.07. The monoisotopic (exact) mass is 451 g/mol. The number of nitrogens with zero attached hydrogens (tertiary/aromatic N) is 1. The van der Waals surface area contributed by atoms with E-state index in [1.807, 2.05) is 6.92 Å². The van der Waals surface area contributed by atoms with Crippen LogP contribution in [0.1, 0.15) is 28.7 Å². The molecule has 0 radical (unpaired) electrons. The number of carbonyl (C=O) groups excluding carboxylic acids is 2. The Morgan fingerprint density at radius 1 is 1.03 bits per heavy atom. The number of aliphatic hydroxyl groups excluding tert-OH is 1. The average molecular weight is 452 g/mol. The molecule has 0 saturated carbocycles. The van der Waals surface area contributed by atoms with Crippen molar-refractivity contribution in [2.45, 2.75) is 19.9 Å². The normalized spacial score (nSPS) is 19.1. The van der Waals surface area contributed by atoms with Gasteiger partial charge in [0.15, 0.2) is 11.5 Å². The molecule has 1 saturated heterocycles. The van der Waals surface area contributed by atoms with E-state index in [1.165, 1.54) is 4.90 Å². The molecule has 2 aliphatic rings. The average Bonchev–Trinajstić information content (AvgIpc) is 3.48. The Morgan fingerprint density at radius 3 is 2.53 bits per heavy atom. The van der Waals surface area contributed by atoms with Crippen LogP contribution in [0.4, 0.5) is 5.69 Å². The Balaban J connectivity index is 1.70. The molecule has 0 aliphatic carbocycles. The van der Waals surface area contributed by atoms with E-state index < -0.39 is 17.7 Å². The topological polar surface area (TPSA) is 89.2 Å². The van der Waals surface area contributed by atoms with Crippen molar-refractivity contribution in [2.24, 2.45) is 0 Å². The van der Waals surface area contributed by atoms with Gasteiger partial charge in [0.2, 0.25) is 6.79 Å². The summed E-state index contributed by atoms with van der Waals surface area (Å²) in [5.41, 5.74) is 1.49. The fraction of sp³-hybridized carbons (Fsp3) is 0.167. The van der Waals surface area contributed by atoms with E-state index in [-0.39, 0.29) is 18.1 Å². The molecule has 3 aromatic rings. The van der Waals surface area contributed by atoms with Crippen molar-refractivity contribution in [3.63, 3.8) is 0 Å². The van der Waals surface area contributed by atoms with Crippen LogP contribution in [0.3, 0.4) is 0 Å². The minimum atomic E-state index is -0.965. The molecule has 1 aromatic heterocycles. The molecule has 162 valence electrons. The molecule has 7 nitrogen and oxygen atoms in total. The molecule has 3 heterocycles. The van der Waals surface area contributed by atoms with Gasteiger partial charge in [-0.2, -0.15) is 0 Å². The van der Waals surface area contributed by atoms with E-state index in [9.17, 15) is 14.7 Å². The maximum Gasteiger partial charge on any atom is 0.300 e. The Morgan fingerprint density at radius 2 is 1.81 bits per heavy atom. The maximum atomic E-state index is 13.1. The molecule has 2 aromatic carbocycles. The van der Waals surface area contributed by atoms with Crippen molar-refractivity contribution in [3.8, 4) is 11.5 Å². The van der Waals surface area contributed by atoms with Gasteiger partial charge in [-0.3, -0.25) is 14.5 Å². The van der Waals surface area contributed by atoms with E-state index in [4.69, 9.17) is 25.5 Å². The third kappa shape index (κ3) is 3.13. The number of fused-ring (bicyclic) bond motifs is 1. The SMILES string of the molecule is Cc1ccc(C2/C(=C(/O)c3ccc4c(c3)OCO4)C(=O)C(=O)N2c2ccc(C)c(Cl)c2)o1. The predicted octanol–water partition coefficient (Wildman–Crippen LogP) is 4.90. The lowest BCUT2D eigenvalue weighted by molar-refractivity contribution is -0.132. The second-order valence-corrected chi connectivity index (χ2v) is 8.03. The Hall–Kier alpha value is -3.71. The molecule has 2 aliphatic heterocycles. The number of benzene rings is 2. The summed E-state index contributed by atoms with van der Waals surface area (Å²) >= 11 is 6.29. The largest absolute Gasteiger partial charge is 0.507 e. The number of amides is 1. The first-order chi connectivity index (χ1) is 15.3. The zero-order valence-corrected chi connectivity index (χ0v) is 18.0. The highest BCUT2D eigenvalue weighted by molar-refractivity contribution is 6.51. The highest BCUT2D eigenvalue weighted by Crippen LogP contribution is 2.44. The second kappa shape index (κ2) is 7.46. The number of carbonyl (C=O) groups is 2. The number of halogens is 1. The van der Waals surface area contributed by atoms with Gasteiger partial charge in [-0.15, -0.1) is 0 Å². The molecule has 32 heavy (non-hydrogen) atoms. The molecule has 1 fully saturated rings. The summed E-state index contributed by atoms with van der Waals surface area (Å²) in [5.74, 6) is -0.00612. The fourth-order valence-electron chi connectivity index (χ4n) is 3.90. The van der Waals surface area contributed by atoms with Crippen LogP contribution in [0.5, 0.6) is 11.5 Å². The van der Waals surface area contributed by atoms with E-state index in [0.717, 1.165) is 5.56 Å². The molecule has 0 bridgehead atoms. The number of aryl methyl sites for hydroxylation is 2. The lowest BCUT2D eigenvalue weighted by Gasteiger charge is -2.24. The van der Waals surface area contributed by atoms with Gasteiger partial charge >= 0.3 is 0 Å². The molecule has 5 rings (SSSR count). The van der Waals surface area contributed by atoms with Crippen LogP contribution in [-0.2, 0) is 9.59 Å². The lowest BCUT2D eigenvalue weighted by atomic mass is 9.99. The first-order valence-electron chi connectivity index (χ1n) is 9.88. The number of ketones is 1. The van der Waals surface area contributed by atoms with Crippen LogP contribution in [0.25, 0.3) is 5.76 Å². The standard InChI is InChI=1S/C24H18ClNO6/c1-12-3-6-15(10-16(12)25)26-21(18-7-4-13(2)32-18)20(23(28)24(26)29)22(27)14-5-8-17-19(9-14)31-11-30-17/h3-10,21,27H,11H2,1-2H3/b22-20-. The van der Waals surface area contributed by atoms with Gasteiger partial charge < -0.3 is 19.0 Å². The van der Waals surface area contributed by atoms with E-state index >= 15 is 0 Å². The van der Waals surface area contributed by atoms with Gasteiger partial charge in [-0.1, -0.05) is 17.7 Å². The molecule has 0 spiro atoms. The van der Waals surface area contributed by atoms with Gasteiger partial charge in [0, 0.05) is 16.3 Å². The van der Waals surface area contributed by atoms with Crippen LogP contribution in [0.2, 0.25) is 5.02 Å². The Bertz CT molecular complexity index is 1310. The summed E-state index contributed by atoms with van der Waals surface area (Å²) in [6.45, 7) is 3.67. The smallest absolute Gasteiger partial charge is 0.300 e. The van der Waals surface area contributed by atoms with Gasteiger partial charge in [-0.25, -0.2) is 0 Å². The summed E-state index contributed by atoms with van der Waals surface area (Å²) in [5, 5.41) is 11.6. The number of rotatable bonds is 3. The van der Waals surface area contributed by atoms with Crippen LogP contribution in [-0.4, -0.2) is 23.6 Å². The summed E-state index contributed by atoms with van der Waals surface area (Å²) in [6, 6.07) is 12.3. The van der Waals surface area contributed by atoms with Crippen molar-refractivity contribution in [1.29, 1.82) is 0 Å². The minimum Gasteiger partial charge on any atom is -0.507 e. The summed E-state index contributed by atoms with van der Waals surface area (Å²) in [6.07, 6.45) is 0. The zero-order chi connectivity index (χ0) is 22.6. The second-order valence-electron chi connectivity index (χ2n) is 7.62. The van der Waals surface area contributed by atoms with E-state index in [1.54, 1.807) is 55.5 Å². The number of Topliss-reactive ketones (excluding diaryl/α,β-unsaturated/α-hetero) is 1. The van der Waals surface area contributed by atoms with Gasteiger partial charge in [-0.05, 0) is 61.9 Å². The number of ether oxygens (including phenoxy) is 2. The number of furan rings is 1.